The summed E-state index contributed by atoms with van der Waals surface area (Å²) >= 11 is 0. The molecule has 0 bridgehead atoms. The van der Waals surface area contributed by atoms with Crippen molar-refractivity contribution < 1.29 is 26.3 Å². The summed E-state index contributed by atoms with van der Waals surface area (Å²) in [5.41, 5.74) is 0. The van der Waals surface area contributed by atoms with Crippen molar-refractivity contribution in [2.75, 3.05) is 13.2 Å². The summed E-state index contributed by atoms with van der Waals surface area (Å²) in [5.74, 6) is 0. The first-order valence-corrected chi connectivity index (χ1v) is 24.2. The molecule has 3 unspecified atom stereocenters. The minimum absolute atomic E-state index is 0.371. The van der Waals surface area contributed by atoms with Crippen molar-refractivity contribution in [3.05, 3.63) is 0 Å². The predicted molar refractivity (Wildman–Crippen MR) is 125 cm³/mol. The van der Waals surface area contributed by atoms with Gasteiger partial charge in [-0.25, -0.2) is 0 Å². The number of hydrogen-bond donors (Lipinski definition) is 1. The van der Waals surface area contributed by atoms with Gasteiger partial charge in [-0.15, -0.1) is 0 Å². The van der Waals surface area contributed by atoms with Crippen LogP contribution in [-0.4, -0.2) is 67.5 Å². The average molecular weight is 473 g/mol. The first-order chi connectivity index (χ1) is 11.9. The second-order valence-electron chi connectivity index (χ2n) is 9.79. The molecule has 27 heavy (non-hydrogen) atoms. The lowest BCUT2D eigenvalue weighted by Crippen LogP contribution is -2.54. The monoisotopic (exact) mass is 472 g/mol. The molecule has 0 rings (SSSR count). The number of rotatable bonds is 14. The highest BCUT2D eigenvalue weighted by Gasteiger charge is 2.40. The molecule has 0 radical (unpaired) electrons. The number of hydrogen-bond acceptors (Lipinski definition) is 6. The van der Waals surface area contributed by atoms with Crippen molar-refractivity contribution in [2.45, 2.75) is 91.0 Å². The Morgan fingerprint density at radius 1 is 0.852 bits per heavy atom. The molecule has 0 heterocycles. The summed E-state index contributed by atoms with van der Waals surface area (Å²) in [5, 5.41) is 9.30. The minimum atomic E-state index is -2.35. The van der Waals surface area contributed by atoms with Crippen molar-refractivity contribution >= 4 is 43.0 Å². The summed E-state index contributed by atoms with van der Waals surface area (Å²) in [7, 11) is -9.79. The van der Waals surface area contributed by atoms with Crippen molar-refractivity contribution in [3.8, 4) is 0 Å². The van der Waals surface area contributed by atoms with Crippen LogP contribution in [-0.2, 0) is 21.2 Å². The Bertz CT molecular complexity index is 425. The molecule has 0 saturated heterocycles. The van der Waals surface area contributed by atoms with Crippen LogP contribution in [0.5, 0.6) is 0 Å². The molecule has 0 aromatic heterocycles. The Hall–Kier alpha value is 0.844. The van der Waals surface area contributed by atoms with E-state index in [0.717, 1.165) is 12.5 Å². The number of ether oxygens (including phenoxy) is 1. The number of aliphatic hydroxyl groups is 1. The first-order valence-electron chi connectivity index (χ1n) is 9.95. The molecule has 1 N–H and O–H groups in total. The molecule has 0 aromatic rings. The number of aliphatic hydroxyl groups excluding tert-OH is 1. The summed E-state index contributed by atoms with van der Waals surface area (Å²) in [6.45, 7) is 24.4. The quantitative estimate of drug-likeness (QED) is 0.303. The summed E-state index contributed by atoms with van der Waals surface area (Å²) in [6.07, 6.45) is 0.440. The fourth-order valence-electron chi connectivity index (χ4n) is 3.07. The van der Waals surface area contributed by atoms with Gasteiger partial charge in [0.25, 0.3) is 0 Å². The van der Waals surface area contributed by atoms with Gasteiger partial charge in [-0.1, -0.05) is 0 Å². The van der Waals surface area contributed by atoms with Gasteiger partial charge in [0.05, 0.1) is 12.7 Å². The van der Waals surface area contributed by atoms with Gasteiger partial charge in [0.1, 0.15) is 0 Å². The van der Waals surface area contributed by atoms with Crippen LogP contribution in [0.25, 0.3) is 0 Å². The van der Waals surface area contributed by atoms with Crippen molar-refractivity contribution in [2.24, 2.45) is 0 Å². The largest absolute Gasteiger partial charge is 0.437 e. The van der Waals surface area contributed by atoms with E-state index in [-0.39, 0.29) is 0 Å². The molecule has 6 nitrogen and oxygen atoms in total. The predicted octanol–water partition coefficient (Wildman–Crippen LogP) is 4.13. The van der Waals surface area contributed by atoms with Crippen LogP contribution in [0.2, 0.25) is 71.5 Å². The highest BCUT2D eigenvalue weighted by molar-refractivity contribution is 6.86. The lowest BCUT2D eigenvalue weighted by Gasteiger charge is -2.38. The topological polar surface area (TPSA) is 66.4 Å². The molecule has 3 atom stereocenters. The van der Waals surface area contributed by atoms with Crippen LogP contribution in [0.3, 0.4) is 0 Å². The molecule has 0 aliphatic carbocycles. The maximum atomic E-state index is 9.30. The van der Waals surface area contributed by atoms with Gasteiger partial charge < -0.3 is 26.3 Å². The van der Waals surface area contributed by atoms with Gasteiger partial charge in [-0.05, 0) is 84.9 Å². The van der Waals surface area contributed by atoms with E-state index in [2.05, 4.69) is 65.5 Å². The normalized spacial score (nSPS) is 18.2. The van der Waals surface area contributed by atoms with Crippen molar-refractivity contribution in [3.63, 3.8) is 0 Å². The molecule has 0 aromatic carbocycles. The van der Waals surface area contributed by atoms with E-state index >= 15 is 0 Å². The van der Waals surface area contributed by atoms with Crippen LogP contribution >= 0.6 is 0 Å². The van der Waals surface area contributed by atoms with Crippen LogP contribution in [0.15, 0.2) is 0 Å². The lowest BCUT2D eigenvalue weighted by atomic mass is 10.4. The molecule has 0 fully saturated rings. The van der Waals surface area contributed by atoms with E-state index in [0.29, 0.717) is 13.2 Å². The van der Waals surface area contributed by atoms with Gasteiger partial charge in [0.2, 0.25) is 0 Å². The fraction of sp³-hybridized carbons (Fsp3) is 1.00. The van der Waals surface area contributed by atoms with E-state index in [4.69, 9.17) is 21.2 Å². The Balaban J connectivity index is 4.82. The van der Waals surface area contributed by atoms with Crippen LogP contribution < -0.4 is 0 Å². The van der Waals surface area contributed by atoms with Gasteiger partial charge in [0.15, 0.2) is 16.6 Å². The molecule has 164 valence electrons. The highest BCUT2D eigenvalue weighted by Crippen LogP contribution is 2.24. The summed E-state index contributed by atoms with van der Waals surface area (Å²) < 4.78 is 31.2. The molecule has 0 aliphatic rings. The fourth-order valence-corrected chi connectivity index (χ4v) is 23.7. The zero-order chi connectivity index (χ0) is 21.5. The smallest absolute Gasteiger partial charge is 0.315 e. The maximum absolute atomic E-state index is 9.30. The minimum Gasteiger partial charge on any atom is -0.437 e. The van der Waals surface area contributed by atoms with E-state index < -0.39 is 49.1 Å². The summed E-state index contributed by atoms with van der Waals surface area (Å²) in [4.78, 5) is 0. The molecule has 0 spiro atoms. The second-order valence-corrected chi connectivity index (χ2v) is 28.5. The third kappa shape index (κ3) is 16.3. The Labute approximate surface area is 173 Å². The molecule has 0 saturated carbocycles. The third-order valence-electron chi connectivity index (χ3n) is 3.22. The summed E-state index contributed by atoms with van der Waals surface area (Å²) in [6, 6.07) is 0.870. The van der Waals surface area contributed by atoms with Gasteiger partial charge in [-0.3, -0.25) is 0 Å². The zero-order valence-electron chi connectivity index (χ0n) is 19.5. The van der Waals surface area contributed by atoms with Crippen molar-refractivity contribution in [1.82, 2.24) is 0 Å². The standard InChI is InChI=1S/C16H44O6Si5/c1-16(17)15-18-13-12-14-27(11,22-25(6,7)8)20-23(2)19-26(9,10)21-24(3,4)5/h16-17,23H,12-15H2,1-11H3. The zero-order valence-corrected chi connectivity index (χ0v) is 24.6. The molecule has 11 heteroatoms. The molecule has 0 amide bonds. The Morgan fingerprint density at radius 3 is 1.81 bits per heavy atom. The molecular formula is C16H44O6Si5. The van der Waals surface area contributed by atoms with Crippen LogP contribution in [0.4, 0.5) is 0 Å². The Morgan fingerprint density at radius 2 is 1.37 bits per heavy atom. The van der Waals surface area contributed by atoms with Crippen LogP contribution in [0.1, 0.15) is 13.3 Å². The van der Waals surface area contributed by atoms with E-state index in [1.807, 2.05) is 0 Å². The molecular weight excluding hydrogens is 429 g/mol. The first kappa shape index (κ1) is 27.8. The van der Waals surface area contributed by atoms with Gasteiger partial charge in [-0.2, -0.15) is 0 Å². The highest BCUT2D eigenvalue weighted by atomic mass is 28.5. The average Bonchev–Trinajstić information content (AvgIpc) is 2.30. The molecule has 0 aliphatic heterocycles. The van der Waals surface area contributed by atoms with Gasteiger partial charge >= 0.3 is 26.4 Å². The van der Waals surface area contributed by atoms with Crippen molar-refractivity contribution in [1.29, 1.82) is 0 Å². The second kappa shape index (κ2) is 11.3. The van der Waals surface area contributed by atoms with E-state index in [9.17, 15) is 5.11 Å². The lowest BCUT2D eigenvalue weighted by molar-refractivity contribution is 0.0461. The Kier molecular flexibility index (Phi) is 11.6. The third-order valence-corrected chi connectivity index (χ3v) is 20.0. The van der Waals surface area contributed by atoms with E-state index in [1.54, 1.807) is 6.92 Å². The maximum Gasteiger partial charge on any atom is 0.315 e. The van der Waals surface area contributed by atoms with E-state index in [1.165, 1.54) is 0 Å². The van der Waals surface area contributed by atoms with Gasteiger partial charge in [0, 0.05) is 6.61 Å². The SMILES string of the molecule is CC(O)COCCC[Si](C)(O[SiH](C)O[Si](C)(C)O[Si](C)(C)C)O[Si](C)(C)C. The van der Waals surface area contributed by atoms with Crippen LogP contribution in [0, 0.1) is 0 Å².